The highest BCUT2D eigenvalue weighted by Gasteiger charge is 2.19. The van der Waals surface area contributed by atoms with Gasteiger partial charge in [0.05, 0.1) is 23.6 Å². The van der Waals surface area contributed by atoms with Crippen molar-refractivity contribution in [3.05, 3.63) is 70.3 Å². The van der Waals surface area contributed by atoms with Gasteiger partial charge in [0.25, 0.3) is 5.56 Å². The van der Waals surface area contributed by atoms with Gasteiger partial charge in [-0.3, -0.25) is 14.3 Å². The Balaban J connectivity index is 2.25. The molecule has 0 fully saturated rings. The number of benzene rings is 1. The largest absolute Gasteiger partial charge is 0.289 e. The lowest BCUT2D eigenvalue weighted by atomic mass is 10.1. The van der Waals surface area contributed by atoms with Crippen molar-refractivity contribution in [2.75, 3.05) is 0 Å². The van der Waals surface area contributed by atoms with Crippen molar-refractivity contribution in [2.45, 2.75) is 26.3 Å². The molecule has 1 aromatic carbocycles. The molecule has 0 saturated carbocycles. The maximum atomic E-state index is 14.0. The zero-order valence-electron chi connectivity index (χ0n) is 12.5. The average Bonchev–Trinajstić information content (AvgIpc) is 2.52. The van der Waals surface area contributed by atoms with Crippen LogP contribution in [0.25, 0.3) is 10.9 Å². The third-order valence-corrected chi connectivity index (χ3v) is 3.85. The van der Waals surface area contributed by atoms with E-state index in [1.54, 1.807) is 18.3 Å². The molecule has 1 atom stereocenters. The van der Waals surface area contributed by atoms with Crippen LogP contribution in [0.2, 0.25) is 0 Å². The zero-order valence-corrected chi connectivity index (χ0v) is 12.5. The summed E-state index contributed by atoms with van der Waals surface area (Å²) < 4.78 is 15.5. The molecule has 0 N–H and O–H groups in total. The van der Waals surface area contributed by atoms with Crippen molar-refractivity contribution < 1.29 is 4.39 Å². The van der Waals surface area contributed by atoms with Gasteiger partial charge in [-0.2, -0.15) is 0 Å². The van der Waals surface area contributed by atoms with Crippen molar-refractivity contribution in [3.63, 3.8) is 0 Å². The molecule has 3 aromatic rings. The van der Waals surface area contributed by atoms with Crippen molar-refractivity contribution in [1.82, 2.24) is 14.5 Å². The number of halogens is 1. The first-order chi connectivity index (χ1) is 10.6. The Kier molecular flexibility index (Phi) is 3.71. The molecule has 4 nitrogen and oxygen atoms in total. The molecule has 3 rings (SSSR count). The molecule has 0 bridgehead atoms. The van der Waals surface area contributed by atoms with Crippen molar-refractivity contribution in [3.8, 4) is 0 Å². The van der Waals surface area contributed by atoms with E-state index < -0.39 is 5.82 Å². The first-order valence-corrected chi connectivity index (χ1v) is 7.20. The van der Waals surface area contributed by atoms with Gasteiger partial charge in [0, 0.05) is 6.20 Å². The van der Waals surface area contributed by atoms with E-state index in [-0.39, 0.29) is 17.0 Å². The van der Waals surface area contributed by atoms with E-state index in [0.29, 0.717) is 11.9 Å². The van der Waals surface area contributed by atoms with Gasteiger partial charge in [0.15, 0.2) is 0 Å². The van der Waals surface area contributed by atoms with Gasteiger partial charge < -0.3 is 0 Å². The number of rotatable bonds is 3. The lowest BCUT2D eigenvalue weighted by Crippen LogP contribution is -2.27. The minimum atomic E-state index is -0.544. The van der Waals surface area contributed by atoms with Crippen LogP contribution in [0.5, 0.6) is 0 Å². The molecule has 0 aliphatic heterocycles. The minimum Gasteiger partial charge on any atom is -0.289 e. The van der Waals surface area contributed by atoms with E-state index in [2.05, 4.69) is 9.97 Å². The quantitative estimate of drug-likeness (QED) is 0.745. The van der Waals surface area contributed by atoms with Crippen LogP contribution in [0.15, 0.2) is 47.7 Å². The maximum absolute atomic E-state index is 14.0. The molecule has 0 radical (unpaired) electrons. The smallest absolute Gasteiger partial charge is 0.264 e. The topological polar surface area (TPSA) is 47.8 Å². The maximum Gasteiger partial charge on any atom is 0.264 e. The normalized spacial score (nSPS) is 12.5. The van der Waals surface area contributed by atoms with Gasteiger partial charge in [-0.15, -0.1) is 0 Å². The number of pyridine rings is 1. The molecule has 0 saturated heterocycles. The lowest BCUT2D eigenvalue weighted by Gasteiger charge is -2.19. The van der Waals surface area contributed by atoms with Crippen LogP contribution in [-0.2, 0) is 0 Å². The van der Waals surface area contributed by atoms with Gasteiger partial charge in [-0.25, -0.2) is 9.37 Å². The molecule has 0 spiro atoms. The van der Waals surface area contributed by atoms with Crippen LogP contribution in [0.4, 0.5) is 4.39 Å². The summed E-state index contributed by atoms with van der Waals surface area (Å²) in [5, 5.41) is 0.0250. The first-order valence-electron chi connectivity index (χ1n) is 7.20. The standard InChI is InChI=1S/C17H16FN3O/c1-3-14(16-11(2)6-5-9-19-16)21-10-20-13-8-4-7-12(18)15(13)17(21)22/h4-10,14H,3H2,1-2H3/t14-/m1/s1. The van der Waals surface area contributed by atoms with Gasteiger partial charge >= 0.3 is 0 Å². The fourth-order valence-corrected chi connectivity index (χ4v) is 2.73. The molecule has 0 amide bonds. The summed E-state index contributed by atoms with van der Waals surface area (Å²) in [4.78, 5) is 21.3. The van der Waals surface area contributed by atoms with Crippen molar-refractivity contribution >= 4 is 10.9 Å². The third kappa shape index (κ3) is 2.28. The highest BCUT2D eigenvalue weighted by atomic mass is 19.1. The predicted octanol–water partition coefficient (Wildman–Crippen LogP) is 3.24. The molecule has 5 heteroatoms. The van der Waals surface area contributed by atoms with E-state index in [4.69, 9.17) is 0 Å². The lowest BCUT2D eigenvalue weighted by molar-refractivity contribution is 0.526. The Morgan fingerprint density at radius 2 is 2.05 bits per heavy atom. The van der Waals surface area contributed by atoms with Crippen LogP contribution in [0.3, 0.4) is 0 Å². The Morgan fingerprint density at radius 1 is 1.23 bits per heavy atom. The average molecular weight is 297 g/mol. The number of aryl methyl sites for hydroxylation is 1. The third-order valence-electron chi connectivity index (χ3n) is 3.85. The predicted molar refractivity (Wildman–Crippen MR) is 83.4 cm³/mol. The molecule has 0 aliphatic rings. The molecule has 2 aromatic heterocycles. The zero-order chi connectivity index (χ0) is 15.7. The van der Waals surface area contributed by atoms with Crippen LogP contribution in [0.1, 0.15) is 30.6 Å². The van der Waals surface area contributed by atoms with Gasteiger partial charge in [-0.05, 0) is 37.1 Å². The molecule has 2 heterocycles. The molecule has 0 unspecified atom stereocenters. The number of aromatic nitrogens is 3. The fourth-order valence-electron chi connectivity index (χ4n) is 2.73. The van der Waals surface area contributed by atoms with E-state index in [1.165, 1.54) is 17.0 Å². The monoisotopic (exact) mass is 297 g/mol. The molecule has 112 valence electrons. The van der Waals surface area contributed by atoms with E-state index in [9.17, 15) is 9.18 Å². The van der Waals surface area contributed by atoms with Crippen LogP contribution in [-0.4, -0.2) is 14.5 Å². The van der Waals surface area contributed by atoms with Crippen molar-refractivity contribution in [2.24, 2.45) is 0 Å². The summed E-state index contributed by atoms with van der Waals surface area (Å²) in [5.41, 5.74) is 1.80. The number of hydrogen-bond donors (Lipinski definition) is 0. The Bertz CT molecular complexity index is 888. The number of hydrogen-bond acceptors (Lipinski definition) is 3. The summed E-state index contributed by atoms with van der Waals surface area (Å²) in [6.07, 6.45) is 3.84. The van der Waals surface area contributed by atoms with Crippen LogP contribution in [0, 0.1) is 12.7 Å². The van der Waals surface area contributed by atoms with Gasteiger partial charge in [0.2, 0.25) is 0 Å². The number of nitrogens with zero attached hydrogens (tertiary/aromatic N) is 3. The summed E-state index contributed by atoms with van der Waals surface area (Å²) in [6, 6.07) is 8.01. The Morgan fingerprint density at radius 3 is 2.77 bits per heavy atom. The van der Waals surface area contributed by atoms with Crippen molar-refractivity contribution in [1.29, 1.82) is 0 Å². The van der Waals surface area contributed by atoms with Gasteiger partial charge in [-0.1, -0.05) is 19.1 Å². The molecular formula is C17H16FN3O. The SMILES string of the molecule is CC[C@H](c1ncccc1C)n1cnc2cccc(F)c2c1=O. The Hall–Kier alpha value is -2.56. The molecular weight excluding hydrogens is 281 g/mol. The fraction of sp³-hybridized carbons (Fsp3) is 0.235. The van der Waals surface area contributed by atoms with E-state index in [0.717, 1.165) is 11.3 Å². The van der Waals surface area contributed by atoms with E-state index >= 15 is 0 Å². The second-order valence-corrected chi connectivity index (χ2v) is 5.22. The second-order valence-electron chi connectivity index (χ2n) is 5.22. The molecule has 22 heavy (non-hydrogen) atoms. The summed E-state index contributed by atoms with van der Waals surface area (Å²) in [7, 11) is 0. The highest BCUT2D eigenvalue weighted by molar-refractivity contribution is 5.77. The van der Waals surface area contributed by atoms with Gasteiger partial charge in [0.1, 0.15) is 11.2 Å². The Labute approximate surface area is 127 Å². The number of fused-ring (bicyclic) bond motifs is 1. The van der Waals surface area contributed by atoms with E-state index in [1.807, 2.05) is 26.0 Å². The van der Waals surface area contributed by atoms with Crippen LogP contribution >= 0.6 is 0 Å². The second kappa shape index (κ2) is 5.67. The summed E-state index contributed by atoms with van der Waals surface area (Å²) >= 11 is 0. The molecule has 0 aliphatic carbocycles. The highest BCUT2D eigenvalue weighted by Crippen LogP contribution is 2.22. The summed E-state index contributed by atoms with van der Waals surface area (Å²) in [5.74, 6) is -0.544. The van der Waals surface area contributed by atoms with Crippen LogP contribution < -0.4 is 5.56 Å². The minimum absolute atomic E-state index is 0.0250. The summed E-state index contributed by atoms with van der Waals surface area (Å²) in [6.45, 7) is 3.92. The first kappa shape index (κ1) is 14.4.